The highest BCUT2D eigenvalue weighted by molar-refractivity contribution is 5.73. The number of aliphatic hydroxyl groups is 25. The first-order valence-corrected chi connectivity index (χ1v) is 30.1. The lowest BCUT2D eigenvalue weighted by Crippen LogP contribution is -2.69. The predicted octanol–water partition coefficient (Wildman–Crippen LogP) is -18.5. The van der Waals surface area contributed by atoms with E-state index in [9.17, 15) is 137 Å². The lowest BCUT2D eigenvalue weighted by Gasteiger charge is -2.50. The second-order valence-electron chi connectivity index (χ2n) is 23.7. The zero-order valence-electron chi connectivity index (χ0n) is 50.6. The molecule has 0 aromatic heterocycles. The fourth-order valence-corrected chi connectivity index (χ4v) is 11.7. The maximum atomic E-state index is 12.8. The number of nitrogens with one attached hydrogen (secondary N) is 2. The molecule has 95 heavy (non-hydrogen) atoms. The van der Waals surface area contributed by atoms with E-state index in [2.05, 4.69) is 10.6 Å². The molecule has 7 heterocycles. The Morgan fingerprint density at radius 1 is 0.358 bits per heavy atom. The molecule has 0 spiro atoms. The van der Waals surface area contributed by atoms with Gasteiger partial charge in [0.15, 0.2) is 44.0 Å². The van der Waals surface area contributed by atoms with Crippen molar-refractivity contribution in [1.29, 1.82) is 0 Å². The highest BCUT2D eigenvalue weighted by Crippen LogP contribution is 2.38. The molecule has 7 saturated heterocycles. The fourth-order valence-electron chi connectivity index (χ4n) is 11.7. The van der Waals surface area contributed by atoms with Gasteiger partial charge in [-0.05, 0) is 0 Å². The topological polar surface area (TPSA) is 693 Å². The monoisotopic (exact) mass is 1400 g/mol. The molecule has 0 bridgehead atoms. The van der Waals surface area contributed by atoms with Gasteiger partial charge in [-0.3, -0.25) is 9.59 Å². The van der Waals surface area contributed by atoms with Crippen LogP contribution in [0.1, 0.15) is 13.8 Å². The van der Waals surface area contributed by atoms with E-state index in [4.69, 9.17) is 66.3 Å². The molecule has 554 valence electrons. The molecule has 7 rings (SSSR count). The summed E-state index contributed by atoms with van der Waals surface area (Å²) in [7, 11) is 0. The minimum atomic E-state index is -2.51. The van der Waals surface area contributed by atoms with Crippen LogP contribution in [0.5, 0.6) is 0 Å². The van der Waals surface area contributed by atoms with E-state index in [1.165, 1.54) is 0 Å². The first-order chi connectivity index (χ1) is 44.9. The van der Waals surface area contributed by atoms with Gasteiger partial charge in [-0.1, -0.05) is 0 Å². The maximum Gasteiger partial charge on any atom is 0.217 e. The number of amides is 2. The van der Waals surface area contributed by atoms with Gasteiger partial charge in [0, 0.05) is 13.8 Å². The lowest BCUT2D eigenvalue weighted by molar-refractivity contribution is -0.398. The molecular formula is C52H90N2O41. The number of rotatable bonds is 28. The van der Waals surface area contributed by atoms with Gasteiger partial charge in [-0.25, -0.2) is 0 Å². The zero-order chi connectivity index (χ0) is 70.3. The lowest BCUT2D eigenvalue weighted by atomic mass is 9.94. The van der Waals surface area contributed by atoms with Gasteiger partial charge in [0.05, 0.1) is 65.5 Å². The first kappa shape index (κ1) is 79.7. The van der Waals surface area contributed by atoms with Gasteiger partial charge in [-0.15, -0.1) is 0 Å². The molecule has 7 fully saturated rings. The van der Waals surface area contributed by atoms with E-state index < -0.39 is 311 Å². The molecule has 7 aliphatic rings. The highest BCUT2D eigenvalue weighted by atomic mass is 16.8. The smallest absolute Gasteiger partial charge is 0.217 e. The van der Waals surface area contributed by atoms with Crippen molar-refractivity contribution in [3.63, 3.8) is 0 Å². The third-order valence-corrected chi connectivity index (χ3v) is 17.1. The van der Waals surface area contributed by atoms with Gasteiger partial charge < -0.3 is 205 Å². The number of aliphatic hydroxyl groups excluding tert-OH is 25. The van der Waals surface area contributed by atoms with Crippen LogP contribution < -0.4 is 10.6 Å². The van der Waals surface area contributed by atoms with E-state index in [1.54, 1.807) is 0 Å². The van der Waals surface area contributed by atoms with Crippen molar-refractivity contribution in [3.05, 3.63) is 0 Å². The minimum absolute atomic E-state index is 0.791. The average Bonchev–Trinajstić information content (AvgIpc) is 0.785. The third-order valence-electron chi connectivity index (χ3n) is 17.1. The van der Waals surface area contributed by atoms with Crippen molar-refractivity contribution < 1.29 is 204 Å². The Hall–Kier alpha value is -2.62. The second kappa shape index (κ2) is 35.3. The second-order valence-corrected chi connectivity index (χ2v) is 23.7. The van der Waals surface area contributed by atoms with Crippen LogP contribution in [0.3, 0.4) is 0 Å². The molecule has 0 aromatic carbocycles. The minimum Gasteiger partial charge on any atom is -0.394 e. The van der Waals surface area contributed by atoms with Crippen LogP contribution in [-0.4, -0.2) is 438 Å². The Balaban J connectivity index is 1.24. The van der Waals surface area contributed by atoms with Gasteiger partial charge >= 0.3 is 0 Å². The summed E-state index contributed by atoms with van der Waals surface area (Å²) < 4.78 is 80.9. The largest absolute Gasteiger partial charge is 0.394 e. The summed E-state index contributed by atoms with van der Waals surface area (Å²) in [6.45, 7) is -7.60. The maximum absolute atomic E-state index is 12.8. The van der Waals surface area contributed by atoms with Crippen LogP contribution in [0.15, 0.2) is 0 Å². The SMILES string of the molecule is CC(=O)NC(CO)C(O)C(OC1OC(CO)C(OC2OC(COC3OC(COC4OC(CO)C(O)C(O)C4O)C(O)C(OC4OC(CO)C(O)C(O)C4O)C3O)C(O)C(OC3OC(CO)C(O)C(O)C3OC3OC(CO)C(O)C(O)C3O)C2O)C(O)C1NC(C)=O)C(O)CO. The highest BCUT2D eigenvalue weighted by Gasteiger charge is 2.59. The van der Waals surface area contributed by atoms with Crippen molar-refractivity contribution in [1.82, 2.24) is 10.6 Å². The Morgan fingerprint density at radius 3 is 1.16 bits per heavy atom. The van der Waals surface area contributed by atoms with E-state index in [1.807, 2.05) is 0 Å². The first-order valence-electron chi connectivity index (χ1n) is 30.1. The van der Waals surface area contributed by atoms with Crippen molar-refractivity contribution in [2.75, 3.05) is 59.5 Å². The Morgan fingerprint density at radius 2 is 0.716 bits per heavy atom. The van der Waals surface area contributed by atoms with Crippen LogP contribution in [0.2, 0.25) is 0 Å². The summed E-state index contributed by atoms with van der Waals surface area (Å²) >= 11 is 0. The van der Waals surface area contributed by atoms with Crippen molar-refractivity contribution in [3.8, 4) is 0 Å². The van der Waals surface area contributed by atoms with Crippen LogP contribution >= 0.6 is 0 Å². The van der Waals surface area contributed by atoms with Gasteiger partial charge in [0.25, 0.3) is 0 Å². The molecule has 43 heteroatoms. The standard InChI is InChI=1S/C52H90N2O41/c1-12(62)53-14(3-55)24(65)41(15(64)4-56)91-46-23(54-13(2)63)31(72)42(20(9-61)88-46)92-51-40(81)44(94-52-45(35(76)28(69)19(8-60)87-52)95-50-38(79)34(75)27(68)18(7-59)86-50)30(71)22(90-51)11-83-48-39(80)43(93-49-37(78)33(74)26(67)17(6-58)85-49)29(70)21(89-48)10-82-47-36(77)32(73)25(66)16(5-57)84-47/h14-52,55-61,64-81H,3-11H2,1-2H3,(H,53,62)(H,54,63). The number of carbonyl (C=O) groups excluding carboxylic acids is 2. The summed E-state index contributed by atoms with van der Waals surface area (Å²) in [5.74, 6) is -1.74. The van der Waals surface area contributed by atoms with E-state index in [0.717, 1.165) is 13.8 Å². The Kier molecular flexibility index (Phi) is 29.6. The summed E-state index contributed by atoms with van der Waals surface area (Å²) in [5, 5.41) is 276. The van der Waals surface area contributed by atoms with Crippen molar-refractivity contribution in [2.45, 2.75) is 253 Å². The van der Waals surface area contributed by atoms with Crippen LogP contribution in [-0.2, 0) is 75.9 Å². The summed E-state index contributed by atoms with van der Waals surface area (Å²) in [6.07, 6.45) is -77.4. The van der Waals surface area contributed by atoms with E-state index in [-0.39, 0.29) is 0 Å². The molecule has 7 aliphatic heterocycles. The van der Waals surface area contributed by atoms with Gasteiger partial charge in [-0.2, -0.15) is 0 Å². The zero-order valence-corrected chi connectivity index (χ0v) is 50.6. The van der Waals surface area contributed by atoms with Crippen LogP contribution in [0.4, 0.5) is 0 Å². The number of hydrogen-bond donors (Lipinski definition) is 27. The molecule has 0 radical (unpaired) electrons. The molecule has 0 aromatic rings. The fraction of sp³-hybridized carbons (Fsp3) is 0.962. The van der Waals surface area contributed by atoms with E-state index >= 15 is 0 Å². The summed E-state index contributed by atoms with van der Waals surface area (Å²) in [5.41, 5.74) is 0. The summed E-state index contributed by atoms with van der Waals surface area (Å²) in [4.78, 5) is 24.7. The van der Waals surface area contributed by atoms with E-state index in [0.29, 0.717) is 0 Å². The molecule has 39 atom stereocenters. The molecule has 0 saturated carbocycles. The van der Waals surface area contributed by atoms with Gasteiger partial charge in [0.1, 0.15) is 189 Å². The quantitative estimate of drug-likeness (QED) is 0.0346. The van der Waals surface area contributed by atoms with Crippen LogP contribution in [0.25, 0.3) is 0 Å². The number of carbonyl (C=O) groups is 2. The average molecular weight is 1400 g/mol. The molecular weight excluding hydrogens is 1310 g/mol. The van der Waals surface area contributed by atoms with Crippen molar-refractivity contribution >= 4 is 11.8 Å². The number of ether oxygens (including phenoxy) is 14. The predicted molar refractivity (Wildman–Crippen MR) is 290 cm³/mol. The Bertz CT molecular complexity index is 2330. The van der Waals surface area contributed by atoms with Crippen LogP contribution in [0, 0.1) is 0 Å². The Labute approximate surface area is 537 Å². The molecule has 27 N–H and O–H groups in total. The molecule has 2 amide bonds. The third kappa shape index (κ3) is 18.0. The number of hydrogen-bond acceptors (Lipinski definition) is 41. The normalized spacial score (nSPS) is 47.3. The van der Waals surface area contributed by atoms with Gasteiger partial charge in [0.2, 0.25) is 11.8 Å². The summed E-state index contributed by atoms with van der Waals surface area (Å²) in [6, 6.07) is -3.55. The molecule has 43 nitrogen and oxygen atoms in total. The molecule has 0 aliphatic carbocycles. The van der Waals surface area contributed by atoms with Crippen molar-refractivity contribution in [2.24, 2.45) is 0 Å². The molecule has 39 unspecified atom stereocenters.